The number of phenols is 1. The Morgan fingerprint density at radius 2 is 2.26 bits per heavy atom. The Hall–Kier alpha value is -0.820. The number of phenolic OH excluding ortho intramolecular Hbond substituents is 1. The van der Waals surface area contributed by atoms with Gasteiger partial charge in [-0.2, -0.15) is 0 Å². The van der Waals surface area contributed by atoms with Gasteiger partial charge in [-0.25, -0.2) is 0 Å². The molecular formula is C14H19IN2O2. The number of benzene rings is 1. The second-order valence-corrected chi connectivity index (χ2v) is 6.39. The average Bonchev–Trinajstić information content (AvgIpc) is 2.41. The molecule has 4 nitrogen and oxygen atoms in total. The molecule has 104 valence electrons. The minimum atomic E-state index is -0.0957. The van der Waals surface area contributed by atoms with Crippen LogP contribution in [0.1, 0.15) is 30.1 Å². The van der Waals surface area contributed by atoms with Crippen molar-refractivity contribution in [2.45, 2.75) is 25.8 Å². The molecule has 0 spiro atoms. The predicted molar refractivity (Wildman–Crippen MR) is 83.1 cm³/mol. The lowest BCUT2D eigenvalue weighted by Gasteiger charge is -2.37. The van der Waals surface area contributed by atoms with Crippen molar-refractivity contribution in [1.29, 1.82) is 0 Å². The van der Waals surface area contributed by atoms with Crippen LogP contribution in [0.3, 0.4) is 0 Å². The smallest absolute Gasteiger partial charge is 0.257 e. The SMILES string of the molecule is CC1CCC(CN)CN1C(=O)c1cc(I)ccc1O. The van der Waals surface area contributed by atoms with Crippen molar-refractivity contribution >= 4 is 28.5 Å². The van der Waals surface area contributed by atoms with Crippen LogP contribution in [0.5, 0.6) is 5.75 Å². The summed E-state index contributed by atoms with van der Waals surface area (Å²) in [4.78, 5) is 14.4. The highest BCUT2D eigenvalue weighted by atomic mass is 127. The van der Waals surface area contributed by atoms with E-state index in [1.54, 1.807) is 18.2 Å². The number of rotatable bonds is 2. The maximum Gasteiger partial charge on any atom is 0.257 e. The van der Waals surface area contributed by atoms with Gasteiger partial charge in [0.05, 0.1) is 5.56 Å². The van der Waals surface area contributed by atoms with Crippen LogP contribution in [0.4, 0.5) is 0 Å². The van der Waals surface area contributed by atoms with Crippen molar-refractivity contribution in [2.75, 3.05) is 13.1 Å². The molecule has 5 heteroatoms. The van der Waals surface area contributed by atoms with Crippen molar-refractivity contribution in [2.24, 2.45) is 11.7 Å². The second-order valence-electron chi connectivity index (χ2n) is 5.15. The van der Waals surface area contributed by atoms with Crippen LogP contribution in [0.15, 0.2) is 18.2 Å². The standard InChI is InChI=1S/C14H19IN2O2/c1-9-2-3-10(7-16)8-17(9)14(19)12-6-11(15)4-5-13(12)18/h4-6,9-10,18H,2-3,7-8,16H2,1H3. The quantitative estimate of drug-likeness (QED) is 0.780. The molecule has 1 saturated heterocycles. The van der Waals surface area contributed by atoms with E-state index in [4.69, 9.17) is 5.73 Å². The maximum atomic E-state index is 12.6. The number of aromatic hydroxyl groups is 1. The molecule has 19 heavy (non-hydrogen) atoms. The fourth-order valence-electron chi connectivity index (χ4n) is 2.49. The molecule has 0 aliphatic carbocycles. The summed E-state index contributed by atoms with van der Waals surface area (Å²) < 4.78 is 0.943. The zero-order valence-electron chi connectivity index (χ0n) is 11.0. The summed E-state index contributed by atoms with van der Waals surface area (Å²) in [5.41, 5.74) is 6.10. The first-order chi connectivity index (χ1) is 9.02. The third-order valence-electron chi connectivity index (χ3n) is 3.76. The minimum Gasteiger partial charge on any atom is -0.507 e. The molecule has 1 amide bonds. The van der Waals surface area contributed by atoms with E-state index in [1.807, 2.05) is 4.90 Å². The molecule has 1 heterocycles. The lowest BCUT2D eigenvalue weighted by atomic mass is 9.93. The number of piperidine rings is 1. The first kappa shape index (κ1) is 14.6. The van der Waals surface area contributed by atoms with Crippen LogP contribution in [0, 0.1) is 9.49 Å². The molecule has 1 aromatic rings. The number of nitrogens with zero attached hydrogens (tertiary/aromatic N) is 1. The Morgan fingerprint density at radius 3 is 2.95 bits per heavy atom. The lowest BCUT2D eigenvalue weighted by molar-refractivity contribution is 0.0564. The number of amides is 1. The number of hydrogen-bond acceptors (Lipinski definition) is 3. The Bertz CT molecular complexity index is 479. The number of carbonyl (C=O) groups excluding carboxylic acids is 1. The molecule has 3 N–H and O–H groups in total. The van der Waals surface area contributed by atoms with Gasteiger partial charge in [-0.1, -0.05) is 0 Å². The third kappa shape index (κ3) is 3.20. The summed E-state index contributed by atoms with van der Waals surface area (Å²) in [7, 11) is 0. The first-order valence-corrected chi connectivity index (χ1v) is 7.60. The summed E-state index contributed by atoms with van der Waals surface area (Å²) in [5.74, 6) is 0.319. The van der Waals surface area contributed by atoms with E-state index in [2.05, 4.69) is 29.5 Å². The predicted octanol–water partition coefficient (Wildman–Crippen LogP) is 2.20. The summed E-state index contributed by atoms with van der Waals surface area (Å²) in [6.07, 6.45) is 2.04. The van der Waals surface area contributed by atoms with Crippen molar-refractivity contribution in [3.63, 3.8) is 0 Å². The molecule has 2 atom stereocenters. The van der Waals surface area contributed by atoms with Crippen LogP contribution in [0.25, 0.3) is 0 Å². The van der Waals surface area contributed by atoms with Crippen LogP contribution in [0.2, 0.25) is 0 Å². The molecule has 1 fully saturated rings. The summed E-state index contributed by atoms with van der Waals surface area (Å²) in [5, 5.41) is 9.87. The van der Waals surface area contributed by atoms with Gasteiger partial charge in [-0.15, -0.1) is 0 Å². The lowest BCUT2D eigenvalue weighted by Crippen LogP contribution is -2.47. The molecule has 1 aliphatic rings. The van der Waals surface area contributed by atoms with Crippen LogP contribution < -0.4 is 5.73 Å². The van der Waals surface area contributed by atoms with Crippen LogP contribution in [-0.2, 0) is 0 Å². The Labute approximate surface area is 127 Å². The normalized spacial score (nSPS) is 23.4. The number of hydrogen-bond donors (Lipinski definition) is 2. The van der Waals surface area contributed by atoms with Gasteiger partial charge in [-0.05, 0) is 73.0 Å². The largest absolute Gasteiger partial charge is 0.507 e. The van der Waals surface area contributed by atoms with Gasteiger partial charge in [0.15, 0.2) is 0 Å². The van der Waals surface area contributed by atoms with Gasteiger partial charge < -0.3 is 15.7 Å². The molecule has 2 rings (SSSR count). The number of halogens is 1. The van der Waals surface area contributed by atoms with E-state index in [-0.39, 0.29) is 17.7 Å². The Morgan fingerprint density at radius 1 is 1.53 bits per heavy atom. The molecule has 2 unspecified atom stereocenters. The minimum absolute atomic E-state index is 0.0486. The van der Waals surface area contributed by atoms with E-state index in [1.165, 1.54) is 0 Å². The summed E-state index contributed by atoms with van der Waals surface area (Å²) >= 11 is 2.14. The fraction of sp³-hybridized carbons (Fsp3) is 0.500. The topological polar surface area (TPSA) is 66.6 Å². The third-order valence-corrected chi connectivity index (χ3v) is 4.43. The van der Waals surface area contributed by atoms with Gasteiger partial charge in [0.2, 0.25) is 0 Å². The fourth-order valence-corrected chi connectivity index (χ4v) is 2.98. The van der Waals surface area contributed by atoms with Gasteiger partial charge in [0.25, 0.3) is 5.91 Å². The maximum absolute atomic E-state index is 12.6. The van der Waals surface area contributed by atoms with E-state index < -0.39 is 0 Å². The van der Waals surface area contributed by atoms with Crippen molar-refractivity contribution in [3.05, 3.63) is 27.3 Å². The average molecular weight is 374 g/mol. The van der Waals surface area contributed by atoms with Crippen molar-refractivity contribution in [3.8, 4) is 5.75 Å². The van der Waals surface area contributed by atoms with E-state index in [0.717, 1.165) is 16.4 Å². The zero-order valence-corrected chi connectivity index (χ0v) is 13.1. The Balaban J connectivity index is 2.24. The van der Waals surface area contributed by atoms with Crippen molar-refractivity contribution < 1.29 is 9.90 Å². The highest BCUT2D eigenvalue weighted by Gasteiger charge is 2.30. The molecule has 0 aromatic heterocycles. The van der Waals surface area contributed by atoms with Crippen LogP contribution in [-0.4, -0.2) is 35.0 Å². The molecular weight excluding hydrogens is 355 g/mol. The van der Waals surface area contributed by atoms with Gasteiger partial charge in [0.1, 0.15) is 5.75 Å². The summed E-state index contributed by atoms with van der Waals surface area (Å²) in [6.45, 7) is 3.34. The molecule has 0 saturated carbocycles. The monoisotopic (exact) mass is 374 g/mol. The van der Waals surface area contributed by atoms with Gasteiger partial charge >= 0.3 is 0 Å². The molecule has 1 aromatic carbocycles. The molecule has 0 bridgehead atoms. The van der Waals surface area contributed by atoms with E-state index in [9.17, 15) is 9.90 Å². The van der Waals surface area contributed by atoms with E-state index in [0.29, 0.717) is 24.6 Å². The van der Waals surface area contributed by atoms with Gasteiger partial charge in [-0.3, -0.25) is 4.79 Å². The Kier molecular flexibility index (Phi) is 4.67. The summed E-state index contributed by atoms with van der Waals surface area (Å²) in [6, 6.07) is 5.29. The van der Waals surface area contributed by atoms with Crippen molar-refractivity contribution in [1.82, 2.24) is 4.90 Å². The molecule has 1 aliphatic heterocycles. The van der Waals surface area contributed by atoms with E-state index >= 15 is 0 Å². The second kappa shape index (κ2) is 6.09. The molecule has 0 radical (unpaired) electrons. The number of likely N-dealkylation sites (tertiary alicyclic amines) is 1. The highest BCUT2D eigenvalue weighted by Crippen LogP contribution is 2.27. The highest BCUT2D eigenvalue weighted by molar-refractivity contribution is 14.1. The number of carbonyl (C=O) groups is 1. The number of nitrogens with two attached hydrogens (primary N) is 1. The zero-order chi connectivity index (χ0) is 14.0. The van der Waals surface area contributed by atoms with Crippen LogP contribution >= 0.6 is 22.6 Å². The first-order valence-electron chi connectivity index (χ1n) is 6.52. The van der Waals surface area contributed by atoms with Gasteiger partial charge in [0, 0.05) is 16.2 Å².